The molecule has 1 aliphatic heterocycles. The normalized spacial score (nSPS) is 18.5. The number of carbonyl (C=O) groups excluding carboxylic acids is 3. The van der Waals surface area contributed by atoms with Crippen LogP contribution in [0.3, 0.4) is 0 Å². The summed E-state index contributed by atoms with van der Waals surface area (Å²) in [6.07, 6.45) is 0.208. The van der Waals surface area contributed by atoms with E-state index in [1.165, 1.54) is 0 Å². The van der Waals surface area contributed by atoms with Crippen molar-refractivity contribution in [1.82, 2.24) is 19.6 Å². The molecule has 1 aliphatic rings. The molecule has 0 saturated carbocycles. The second kappa shape index (κ2) is 18.8. The van der Waals surface area contributed by atoms with Crippen molar-refractivity contribution in [2.75, 3.05) is 91.5 Å². The van der Waals surface area contributed by atoms with Crippen LogP contribution in [0.1, 0.15) is 76.2 Å². The summed E-state index contributed by atoms with van der Waals surface area (Å²) >= 11 is 0. The van der Waals surface area contributed by atoms with Crippen LogP contribution in [0.2, 0.25) is 0 Å². The van der Waals surface area contributed by atoms with Crippen molar-refractivity contribution in [2.24, 2.45) is 0 Å². The number of rotatable bonds is 12. The number of esters is 3. The van der Waals surface area contributed by atoms with Gasteiger partial charge in [-0.25, -0.2) is 0 Å². The Kier molecular flexibility index (Phi) is 17.4. The van der Waals surface area contributed by atoms with Gasteiger partial charge in [0.25, 0.3) is 0 Å². The standard InChI is InChI=1S/C31H63N4O9P/c1-12-40-45(39,41-13-2)25-35-20-18-33(23-27(37)43-30(6,7)8)16-14-32(22-26(36)42-29(3,4)5)15-17-34(19-21-35)24-28(38)44-31(9,10)11/h39,45H,12-25H2,1-11H3. The van der Waals surface area contributed by atoms with E-state index in [4.69, 9.17) is 23.3 Å². The van der Waals surface area contributed by atoms with Gasteiger partial charge in [0.2, 0.25) is 0 Å². The molecule has 1 rings (SSSR count). The maximum absolute atomic E-state index is 12.9. The molecule has 0 aliphatic carbocycles. The third-order valence-electron chi connectivity index (χ3n) is 6.41. The Hall–Kier alpha value is -1.44. The Balaban J connectivity index is 3.30. The molecule has 13 nitrogen and oxygen atoms in total. The first kappa shape index (κ1) is 41.6. The van der Waals surface area contributed by atoms with Crippen LogP contribution in [0.4, 0.5) is 0 Å². The fraction of sp³-hybridized carbons (Fsp3) is 0.903. The van der Waals surface area contributed by atoms with E-state index in [0.717, 1.165) is 0 Å². The number of nitrogens with zero attached hydrogens (tertiary/aromatic N) is 4. The van der Waals surface area contributed by atoms with Crippen molar-refractivity contribution in [2.45, 2.75) is 93.0 Å². The molecule has 0 amide bonds. The second-order valence-corrected chi connectivity index (χ2v) is 16.8. The molecule has 1 saturated heterocycles. The van der Waals surface area contributed by atoms with E-state index in [0.29, 0.717) is 65.6 Å². The van der Waals surface area contributed by atoms with Crippen molar-refractivity contribution in [1.29, 1.82) is 0 Å². The molecule has 1 heterocycles. The fourth-order valence-corrected chi connectivity index (χ4v) is 6.80. The summed E-state index contributed by atoms with van der Waals surface area (Å²) in [6.45, 7) is 25.0. The Labute approximate surface area is 272 Å². The molecule has 14 heteroatoms. The van der Waals surface area contributed by atoms with Gasteiger partial charge in [0.1, 0.15) is 0 Å². The molecule has 0 bridgehead atoms. The van der Waals surface area contributed by atoms with Gasteiger partial charge in [0, 0.05) is 0 Å². The molecule has 0 aromatic carbocycles. The van der Waals surface area contributed by atoms with E-state index in [1.807, 2.05) is 90.9 Å². The molecular weight excluding hydrogens is 603 g/mol. The number of hydrogen-bond donors (Lipinski definition) is 1. The predicted molar refractivity (Wildman–Crippen MR) is 177 cm³/mol. The van der Waals surface area contributed by atoms with Gasteiger partial charge in [0.05, 0.1) is 0 Å². The summed E-state index contributed by atoms with van der Waals surface area (Å²) in [4.78, 5) is 57.9. The quantitative estimate of drug-likeness (QED) is 0.186. The van der Waals surface area contributed by atoms with E-state index in [1.54, 1.807) is 0 Å². The molecule has 0 unspecified atom stereocenters. The summed E-state index contributed by atoms with van der Waals surface area (Å²) in [5, 5.41) is 0. The van der Waals surface area contributed by atoms with Crippen LogP contribution in [0.15, 0.2) is 0 Å². The average Bonchev–Trinajstić information content (AvgIpc) is 2.82. The monoisotopic (exact) mass is 666 g/mol. The van der Waals surface area contributed by atoms with Gasteiger partial charge in [-0.2, -0.15) is 0 Å². The zero-order chi connectivity index (χ0) is 34.5. The number of ether oxygens (including phenoxy) is 3. The van der Waals surface area contributed by atoms with Gasteiger partial charge in [0.15, 0.2) is 0 Å². The van der Waals surface area contributed by atoms with Crippen LogP contribution < -0.4 is 0 Å². The van der Waals surface area contributed by atoms with Crippen molar-refractivity contribution < 1.29 is 42.5 Å². The van der Waals surface area contributed by atoms with Crippen LogP contribution >= 0.6 is 7.94 Å². The topological polar surface area (TPSA) is 131 Å². The van der Waals surface area contributed by atoms with Crippen LogP contribution in [0, 0.1) is 0 Å². The van der Waals surface area contributed by atoms with Crippen LogP contribution in [-0.2, 0) is 37.6 Å². The fourth-order valence-electron chi connectivity index (χ4n) is 4.75. The summed E-state index contributed by atoms with van der Waals surface area (Å²) < 4.78 is 28.3. The maximum atomic E-state index is 12.9. The van der Waals surface area contributed by atoms with Crippen molar-refractivity contribution in [3.8, 4) is 0 Å². The first-order chi connectivity index (χ1) is 20.6. The van der Waals surface area contributed by atoms with E-state index in [9.17, 15) is 19.3 Å². The molecule has 0 aromatic heterocycles. The van der Waals surface area contributed by atoms with Gasteiger partial charge in [-0.1, -0.05) is 0 Å². The number of carbonyl (C=O) groups is 3. The number of hydrogen-bond acceptors (Lipinski definition) is 13. The predicted octanol–water partition coefficient (Wildman–Crippen LogP) is 2.75. The average molecular weight is 667 g/mol. The molecule has 45 heavy (non-hydrogen) atoms. The summed E-state index contributed by atoms with van der Waals surface area (Å²) in [5.74, 6) is -1.01. The molecule has 0 spiro atoms. The molecule has 266 valence electrons. The molecule has 0 radical (unpaired) electrons. The minimum atomic E-state index is -3.50. The first-order valence-corrected chi connectivity index (χ1v) is 18.1. The molecule has 1 fully saturated rings. The zero-order valence-corrected chi connectivity index (χ0v) is 30.9. The summed E-state index contributed by atoms with van der Waals surface area (Å²) in [7, 11) is -3.50. The third kappa shape index (κ3) is 20.4. The second-order valence-electron chi connectivity index (χ2n) is 14.4. The summed E-state index contributed by atoms with van der Waals surface area (Å²) in [6, 6.07) is 0. The molecule has 1 N–H and O–H groups in total. The van der Waals surface area contributed by atoms with Crippen LogP contribution in [0.5, 0.6) is 0 Å². The van der Waals surface area contributed by atoms with Crippen molar-refractivity contribution in [3.63, 3.8) is 0 Å². The van der Waals surface area contributed by atoms with Crippen molar-refractivity contribution in [3.05, 3.63) is 0 Å². The van der Waals surface area contributed by atoms with Gasteiger partial charge >= 0.3 is 252 Å². The van der Waals surface area contributed by atoms with Gasteiger partial charge in [-0.3, -0.25) is 0 Å². The Morgan fingerprint density at radius 1 is 0.533 bits per heavy atom. The van der Waals surface area contributed by atoms with Gasteiger partial charge in [-0.05, 0) is 20.8 Å². The van der Waals surface area contributed by atoms with E-state index in [2.05, 4.69) is 4.90 Å². The third-order valence-corrected chi connectivity index (χ3v) is 8.74. The Morgan fingerprint density at radius 2 is 0.778 bits per heavy atom. The molecule has 0 atom stereocenters. The Bertz CT molecular complexity index is 866. The van der Waals surface area contributed by atoms with E-state index in [-0.39, 0.29) is 43.8 Å². The summed E-state index contributed by atoms with van der Waals surface area (Å²) in [5.41, 5.74) is -1.85. The van der Waals surface area contributed by atoms with E-state index < -0.39 is 24.7 Å². The Morgan fingerprint density at radius 3 is 1.00 bits per heavy atom. The molecular formula is C31H63N4O9P. The molecule has 0 aromatic rings. The zero-order valence-electron chi connectivity index (χ0n) is 29.9. The van der Waals surface area contributed by atoms with Crippen LogP contribution in [-0.4, -0.2) is 151 Å². The SMILES string of the molecule is CCO[PH](O)(CN1CCN(CC(=O)OC(C)(C)C)CCN(CC(=O)OC(C)(C)C)CCN(CC(=O)OC(C)(C)C)CC1)OCC. The van der Waals surface area contributed by atoms with Crippen LogP contribution in [0.25, 0.3) is 0 Å². The minimum absolute atomic E-state index is 0.0747. The first-order valence-electron chi connectivity index (χ1n) is 16.2. The van der Waals surface area contributed by atoms with Gasteiger partial charge in [-0.15, -0.1) is 0 Å². The van der Waals surface area contributed by atoms with Crippen molar-refractivity contribution >= 4 is 25.9 Å². The van der Waals surface area contributed by atoms with Gasteiger partial charge < -0.3 is 0 Å². The van der Waals surface area contributed by atoms with E-state index >= 15 is 0 Å².